The number of hydrogen-bond donors (Lipinski definition) is 0. The average Bonchev–Trinajstić information content (AvgIpc) is 2.88. The van der Waals surface area contributed by atoms with E-state index < -0.39 is 0 Å². The number of fused-ring (bicyclic) bond motifs is 4. The zero-order chi connectivity index (χ0) is 16.9. The Morgan fingerprint density at radius 3 is 2.71 bits per heavy atom. The van der Waals surface area contributed by atoms with E-state index in [0.29, 0.717) is 30.6 Å². The van der Waals surface area contributed by atoms with Gasteiger partial charge in [0.1, 0.15) is 0 Å². The van der Waals surface area contributed by atoms with Crippen LogP contribution in [0, 0.1) is 17.3 Å². The molecule has 0 unspecified atom stereocenters. The molecule has 2 fully saturated rings. The molecule has 4 rings (SSSR count). The molecule has 0 amide bonds. The Kier molecular flexibility index (Phi) is 4.00. The molecule has 3 heteroatoms. The number of carbonyl (C=O) groups is 1. The lowest BCUT2D eigenvalue weighted by Crippen LogP contribution is -2.53. The van der Waals surface area contributed by atoms with E-state index in [9.17, 15) is 4.79 Å². The molecule has 3 nitrogen and oxygen atoms in total. The Hall–Kier alpha value is -0.930. The van der Waals surface area contributed by atoms with Crippen molar-refractivity contribution in [1.29, 1.82) is 0 Å². The second-order valence-electron chi connectivity index (χ2n) is 8.48. The molecule has 4 atom stereocenters. The summed E-state index contributed by atoms with van der Waals surface area (Å²) >= 11 is 0. The van der Waals surface area contributed by atoms with Crippen LogP contribution in [0.2, 0.25) is 0 Å². The molecule has 0 aromatic heterocycles. The summed E-state index contributed by atoms with van der Waals surface area (Å²) < 4.78 is 11.7. The Balaban J connectivity index is 1.71. The second-order valence-corrected chi connectivity index (χ2v) is 8.48. The van der Waals surface area contributed by atoms with Crippen molar-refractivity contribution in [3.63, 3.8) is 0 Å². The fourth-order valence-electron chi connectivity index (χ4n) is 6.49. The molecule has 0 N–H and O–H groups in total. The molecule has 0 heterocycles. The molecule has 0 bridgehead atoms. The van der Waals surface area contributed by atoms with E-state index >= 15 is 0 Å². The molecule has 24 heavy (non-hydrogen) atoms. The summed E-state index contributed by atoms with van der Waals surface area (Å²) in [6, 6.07) is 0. The summed E-state index contributed by atoms with van der Waals surface area (Å²) in [6.45, 7) is 3.15. The van der Waals surface area contributed by atoms with Gasteiger partial charge in [-0.25, -0.2) is 0 Å². The van der Waals surface area contributed by atoms with Crippen molar-refractivity contribution >= 4 is 5.78 Å². The molecule has 4 aliphatic rings. The zero-order valence-electron chi connectivity index (χ0n) is 15.3. The largest absolute Gasteiger partial charge is 0.382 e. The van der Waals surface area contributed by atoms with Crippen molar-refractivity contribution in [3.05, 3.63) is 22.8 Å². The van der Waals surface area contributed by atoms with Gasteiger partial charge in [0.25, 0.3) is 0 Å². The molecule has 0 spiro atoms. The number of ketones is 1. The molecule has 0 aromatic rings. The van der Waals surface area contributed by atoms with Crippen LogP contribution in [-0.2, 0) is 14.3 Å². The number of rotatable bonds is 3. The maximum atomic E-state index is 11.8. The molecule has 2 saturated carbocycles. The van der Waals surface area contributed by atoms with E-state index in [1.54, 1.807) is 18.3 Å². The number of methoxy groups -OCH3 is 2. The SMILES string of the molecule is COC[C@]1(OC)CC[C@H]2[C@@H]3CCC4=CC(=O)CCC4=C3CC[C@@]21C. The van der Waals surface area contributed by atoms with Gasteiger partial charge in [0.15, 0.2) is 5.78 Å². The highest BCUT2D eigenvalue weighted by Crippen LogP contribution is 2.64. The summed E-state index contributed by atoms with van der Waals surface area (Å²) in [6.07, 6.45) is 10.6. The van der Waals surface area contributed by atoms with Gasteiger partial charge in [-0.1, -0.05) is 12.5 Å². The summed E-state index contributed by atoms with van der Waals surface area (Å²) in [5.41, 5.74) is 4.68. The monoisotopic (exact) mass is 330 g/mol. The summed E-state index contributed by atoms with van der Waals surface area (Å²) in [7, 11) is 3.67. The van der Waals surface area contributed by atoms with Crippen LogP contribution in [0.3, 0.4) is 0 Å². The Morgan fingerprint density at radius 1 is 1.12 bits per heavy atom. The van der Waals surface area contributed by atoms with Crippen LogP contribution in [0.5, 0.6) is 0 Å². The van der Waals surface area contributed by atoms with E-state index in [1.807, 2.05) is 13.2 Å². The number of carbonyl (C=O) groups excluding carboxylic acids is 1. The third-order valence-electron chi connectivity index (χ3n) is 7.79. The third kappa shape index (κ3) is 2.13. The van der Waals surface area contributed by atoms with Crippen LogP contribution in [0.25, 0.3) is 0 Å². The first kappa shape index (κ1) is 16.5. The van der Waals surface area contributed by atoms with Crippen molar-refractivity contribution in [2.75, 3.05) is 20.8 Å². The van der Waals surface area contributed by atoms with Crippen molar-refractivity contribution in [1.82, 2.24) is 0 Å². The normalized spacial score (nSPS) is 41.6. The zero-order valence-corrected chi connectivity index (χ0v) is 15.3. The van der Waals surface area contributed by atoms with Crippen molar-refractivity contribution < 1.29 is 14.3 Å². The van der Waals surface area contributed by atoms with Crippen LogP contribution in [0.4, 0.5) is 0 Å². The first-order valence-electron chi connectivity index (χ1n) is 9.54. The number of ether oxygens (including phenoxy) is 2. The van der Waals surface area contributed by atoms with Crippen LogP contribution in [-0.4, -0.2) is 32.2 Å². The molecule has 0 saturated heterocycles. The van der Waals surface area contributed by atoms with Crippen molar-refractivity contribution in [3.8, 4) is 0 Å². The highest BCUT2D eigenvalue weighted by atomic mass is 16.5. The average molecular weight is 330 g/mol. The summed E-state index contributed by atoms with van der Waals surface area (Å²) in [5, 5.41) is 0. The van der Waals surface area contributed by atoms with Crippen LogP contribution < -0.4 is 0 Å². The summed E-state index contributed by atoms with van der Waals surface area (Å²) in [5.74, 6) is 1.72. The van der Waals surface area contributed by atoms with Gasteiger partial charge in [0, 0.05) is 26.1 Å². The lowest BCUT2D eigenvalue weighted by atomic mass is 9.55. The maximum absolute atomic E-state index is 11.8. The van der Waals surface area contributed by atoms with Gasteiger partial charge in [-0.3, -0.25) is 4.79 Å². The van der Waals surface area contributed by atoms with Gasteiger partial charge in [-0.15, -0.1) is 0 Å². The number of allylic oxidation sites excluding steroid dienone is 4. The standard InChI is InChI=1S/C21H30O3/c1-20-10-8-17-16-7-5-15(22)12-14(16)4-6-18(17)19(20)9-11-21(20,24-3)13-23-2/h12,18-19H,4-11,13H2,1-3H3/t18-,19+,20+,21-/m1/s1. The minimum Gasteiger partial charge on any atom is -0.382 e. The van der Waals surface area contributed by atoms with E-state index in [0.717, 1.165) is 19.3 Å². The fraction of sp³-hybridized carbons (Fsp3) is 0.762. The second kappa shape index (κ2) is 5.81. The van der Waals surface area contributed by atoms with Crippen LogP contribution >= 0.6 is 0 Å². The molecular weight excluding hydrogens is 300 g/mol. The number of hydrogen-bond acceptors (Lipinski definition) is 3. The molecule has 4 aliphatic carbocycles. The van der Waals surface area contributed by atoms with Crippen LogP contribution in [0.1, 0.15) is 58.3 Å². The van der Waals surface area contributed by atoms with Gasteiger partial charge in [-0.2, -0.15) is 0 Å². The van der Waals surface area contributed by atoms with Gasteiger partial charge >= 0.3 is 0 Å². The highest BCUT2D eigenvalue weighted by Gasteiger charge is 2.61. The van der Waals surface area contributed by atoms with Crippen LogP contribution in [0.15, 0.2) is 22.8 Å². The fourth-order valence-corrected chi connectivity index (χ4v) is 6.49. The Bertz CT molecular complexity index is 617. The molecule has 0 radical (unpaired) electrons. The van der Waals surface area contributed by atoms with Gasteiger partial charge in [0.05, 0.1) is 12.2 Å². The van der Waals surface area contributed by atoms with E-state index in [2.05, 4.69) is 6.92 Å². The first-order chi connectivity index (χ1) is 11.5. The smallest absolute Gasteiger partial charge is 0.156 e. The molecule has 132 valence electrons. The van der Waals surface area contributed by atoms with Crippen molar-refractivity contribution in [2.45, 2.75) is 63.9 Å². The minimum atomic E-state index is -0.124. The van der Waals surface area contributed by atoms with Gasteiger partial charge in [0.2, 0.25) is 0 Å². The highest BCUT2D eigenvalue weighted by molar-refractivity contribution is 5.93. The molecule has 0 aromatic carbocycles. The minimum absolute atomic E-state index is 0.124. The lowest BCUT2D eigenvalue weighted by molar-refractivity contribution is -0.147. The first-order valence-corrected chi connectivity index (χ1v) is 9.54. The predicted molar refractivity (Wildman–Crippen MR) is 93.8 cm³/mol. The molecule has 0 aliphatic heterocycles. The Morgan fingerprint density at radius 2 is 1.96 bits per heavy atom. The molecular formula is C21H30O3. The Labute approximate surface area is 145 Å². The van der Waals surface area contributed by atoms with Gasteiger partial charge in [-0.05, 0) is 74.0 Å². The van der Waals surface area contributed by atoms with E-state index in [-0.39, 0.29) is 11.0 Å². The van der Waals surface area contributed by atoms with Gasteiger partial charge < -0.3 is 9.47 Å². The van der Waals surface area contributed by atoms with E-state index in [1.165, 1.54) is 31.3 Å². The van der Waals surface area contributed by atoms with Crippen molar-refractivity contribution in [2.24, 2.45) is 17.3 Å². The maximum Gasteiger partial charge on any atom is 0.156 e. The third-order valence-corrected chi connectivity index (χ3v) is 7.79. The summed E-state index contributed by atoms with van der Waals surface area (Å²) in [4.78, 5) is 11.8. The predicted octanol–water partition coefficient (Wildman–Crippen LogP) is 4.22. The van der Waals surface area contributed by atoms with E-state index in [4.69, 9.17) is 9.47 Å². The lowest BCUT2D eigenvalue weighted by Gasteiger charge is -2.53. The quantitative estimate of drug-likeness (QED) is 0.777. The topological polar surface area (TPSA) is 35.5 Å².